The SMILES string of the molecule is CC1(C)c2ccc(C#N)cc2-c2ccc(-c3ccccc3-c3cc(-c4ccc5ccccc5c4)nc(-c4ccccc4)n3)cc21. The highest BCUT2D eigenvalue weighted by Crippen LogP contribution is 2.50. The van der Waals surface area contributed by atoms with Gasteiger partial charge in [0, 0.05) is 22.1 Å². The van der Waals surface area contributed by atoms with Crippen LogP contribution >= 0.6 is 0 Å². The minimum absolute atomic E-state index is 0.178. The van der Waals surface area contributed by atoms with E-state index in [-0.39, 0.29) is 5.41 Å². The molecule has 1 heterocycles. The summed E-state index contributed by atoms with van der Waals surface area (Å²) >= 11 is 0. The van der Waals surface area contributed by atoms with E-state index in [0.717, 1.165) is 44.8 Å². The molecule has 8 rings (SSSR count). The number of benzene rings is 6. The lowest BCUT2D eigenvalue weighted by molar-refractivity contribution is 0.660. The maximum atomic E-state index is 9.55. The monoisotopic (exact) mass is 575 g/mol. The van der Waals surface area contributed by atoms with Crippen molar-refractivity contribution in [2.45, 2.75) is 19.3 Å². The summed E-state index contributed by atoms with van der Waals surface area (Å²) in [6, 6.07) is 50.9. The van der Waals surface area contributed by atoms with Crippen LogP contribution in [0.5, 0.6) is 0 Å². The summed E-state index contributed by atoms with van der Waals surface area (Å²) in [7, 11) is 0. The number of hydrogen-bond donors (Lipinski definition) is 0. The van der Waals surface area contributed by atoms with Gasteiger partial charge in [-0.2, -0.15) is 5.26 Å². The Kier molecular flexibility index (Phi) is 6.18. The molecule has 0 aliphatic heterocycles. The Morgan fingerprint density at radius 3 is 2.02 bits per heavy atom. The first kappa shape index (κ1) is 26.8. The zero-order valence-electron chi connectivity index (χ0n) is 25.1. The van der Waals surface area contributed by atoms with Gasteiger partial charge in [0.05, 0.1) is 23.0 Å². The minimum atomic E-state index is -0.178. The Morgan fingerprint density at radius 2 is 1.20 bits per heavy atom. The van der Waals surface area contributed by atoms with Crippen molar-refractivity contribution in [1.29, 1.82) is 5.26 Å². The fraction of sp³-hybridized carbons (Fsp3) is 0.0714. The number of nitriles is 1. The van der Waals surface area contributed by atoms with Gasteiger partial charge in [-0.1, -0.05) is 123 Å². The lowest BCUT2D eigenvalue weighted by atomic mass is 9.81. The van der Waals surface area contributed by atoms with Crippen molar-refractivity contribution in [2.75, 3.05) is 0 Å². The molecule has 1 aliphatic carbocycles. The summed E-state index contributed by atoms with van der Waals surface area (Å²) in [6.45, 7) is 4.54. The molecule has 3 nitrogen and oxygen atoms in total. The van der Waals surface area contributed by atoms with Gasteiger partial charge in [0.15, 0.2) is 5.82 Å². The van der Waals surface area contributed by atoms with Gasteiger partial charge in [-0.15, -0.1) is 0 Å². The molecule has 0 amide bonds. The average Bonchev–Trinajstić information content (AvgIpc) is 3.33. The zero-order valence-corrected chi connectivity index (χ0v) is 25.1. The van der Waals surface area contributed by atoms with Crippen molar-refractivity contribution >= 4 is 10.8 Å². The van der Waals surface area contributed by atoms with Crippen molar-refractivity contribution < 1.29 is 0 Å². The van der Waals surface area contributed by atoms with Crippen LogP contribution in [0.1, 0.15) is 30.5 Å². The number of fused-ring (bicyclic) bond motifs is 4. The van der Waals surface area contributed by atoms with Gasteiger partial charge in [-0.05, 0) is 74.5 Å². The molecule has 3 heteroatoms. The highest BCUT2D eigenvalue weighted by Gasteiger charge is 2.35. The first-order chi connectivity index (χ1) is 22.0. The highest BCUT2D eigenvalue weighted by atomic mass is 14.9. The molecule has 0 saturated carbocycles. The lowest BCUT2D eigenvalue weighted by Crippen LogP contribution is -2.15. The van der Waals surface area contributed by atoms with Crippen molar-refractivity contribution in [3.63, 3.8) is 0 Å². The van der Waals surface area contributed by atoms with Crippen LogP contribution in [-0.4, -0.2) is 9.97 Å². The van der Waals surface area contributed by atoms with E-state index in [1.54, 1.807) is 0 Å². The smallest absolute Gasteiger partial charge is 0.160 e. The standard InChI is InChI=1S/C42H29N3/c1-42(2)37-21-16-27(26-43)22-36(37)34-20-19-31(24-38(34)42)33-14-8-9-15-35(33)40-25-39(44-41(45-40)29-11-4-3-5-12-29)32-18-17-28-10-6-7-13-30(28)23-32/h3-25H,1-2H3. The molecule has 0 atom stereocenters. The van der Waals surface area contributed by atoms with Gasteiger partial charge >= 0.3 is 0 Å². The molecule has 0 bridgehead atoms. The molecule has 212 valence electrons. The van der Waals surface area contributed by atoms with E-state index in [4.69, 9.17) is 9.97 Å². The predicted octanol–water partition coefficient (Wildman–Crippen LogP) is 10.5. The molecule has 6 aromatic carbocycles. The Morgan fingerprint density at radius 1 is 0.489 bits per heavy atom. The lowest BCUT2D eigenvalue weighted by Gasteiger charge is -2.22. The molecule has 45 heavy (non-hydrogen) atoms. The molecular formula is C42H29N3. The average molecular weight is 576 g/mol. The van der Waals surface area contributed by atoms with Gasteiger partial charge in [0.1, 0.15) is 0 Å². The summed E-state index contributed by atoms with van der Waals surface area (Å²) in [5.74, 6) is 0.699. The van der Waals surface area contributed by atoms with E-state index >= 15 is 0 Å². The largest absolute Gasteiger partial charge is 0.228 e. The van der Waals surface area contributed by atoms with Crippen LogP contribution in [0.25, 0.3) is 66.9 Å². The second-order valence-corrected chi connectivity index (χ2v) is 12.2. The van der Waals surface area contributed by atoms with Gasteiger partial charge in [0.2, 0.25) is 0 Å². The Labute approximate surface area is 263 Å². The van der Waals surface area contributed by atoms with Crippen molar-refractivity contribution in [3.8, 4) is 62.2 Å². The fourth-order valence-corrected chi connectivity index (χ4v) is 6.75. The summed E-state index contributed by atoms with van der Waals surface area (Å²) in [5, 5.41) is 11.9. The summed E-state index contributed by atoms with van der Waals surface area (Å²) in [4.78, 5) is 10.2. The molecule has 1 aliphatic rings. The molecule has 0 radical (unpaired) electrons. The Balaban J connectivity index is 1.30. The van der Waals surface area contributed by atoms with Crippen LogP contribution in [0.3, 0.4) is 0 Å². The van der Waals surface area contributed by atoms with E-state index < -0.39 is 0 Å². The maximum absolute atomic E-state index is 9.55. The molecular weight excluding hydrogens is 546 g/mol. The van der Waals surface area contributed by atoms with Crippen LogP contribution in [0.2, 0.25) is 0 Å². The number of nitrogens with zero attached hydrogens (tertiary/aromatic N) is 3. The molecule has 0 saturated heterocycles. The zero-order chi connectivity index (χ0) is 30.5. The minimum Gasteiger partial charge on any atom is -0.228 e. The Bertz CT molecular complexity index is 2310. The van der Waals surface area contributed by atoms with E-state index in [1.807, 2.05) is 30.3 Å². The van der Waals surface area contributed by atoms with Gasteiger partial charge in [0.25, 0.3) is 0 Å². The summed E-state index contributed by atoms with van der Waals surface area (Å²) in [5.41, 5.74) is 12.5. The van der Waals surface area contributed by atoms with Crippen LogP contribution in [0.4, 0.5) is 0 Å². The van der Waals surface area contributed by atoms with Crippen LogP contribution in [0.15, 0.2) is 140 Å². The molecule has 0 fully saturated rings. The molecule has 0 N–H and O–H groups in total. The maximum Gasteiger partial charge on any atom is 0.160 e. The number of hydrogen-bond acceptors (Lipinski definition) is 3. The first-order valence-electron chi connectivity index (χ1n) is 15.2. The molecule has 7 aromatic rings. The van der Waals surface area contributed by atoms with Crippen LogP contribution < -0.4 is 0 Å². The number of rotatable bonds is 4. The molecule has 0 spiro atoms. The van der Waals surface area contributed by atoms with E-state index in [1.165, 1.54) is 27.5 Å². The van der Waals surface area contributed by atoms with Crippen molar-refractivity contribution in [1.82, 2.24) is 9.97 Å². The predicted molar refractivity (Wildman–Crippen MR) is 184 cm³/mol. The highest BCUT2D eigenvalue weighted by molar-refractivity contribution is 5.90. The molecule has 1 aromatic heterocycles. The quantitative estimate of drug-likeness (QED) is 0.210. The van der Waals surface area contributed by atoms with E-state index in [9.17, 15) is 5.26 Å². The summed E-state index contributed by atoms with van der Waals surface area (Å²) in [6.07, 6.45) is 0. The normalized spacial score (nSPS) is 12.8. The third-order valence-electron chi connectivity index (χ3n) is 9.12. The van der Waals surface area contributed by atoms with Gasteiger partial charge in [-0.3, -0.25) is 0 Å². The second kappa shape index (κ2) is 10.4. The Hall–Kier alpha value is -5.85. The van der Waals surface area contributed by atoms with Crippen molar-refractivity contribution in [3.05, 3.63) is 156 Å². The van der Waals surface area contributed by atoms with E-state index in [2.05, 4.69) is 129 Å². The van der Waals surface area contributed by atoms with Gasteiger partial charge < -0.3 is 0 Å². The number of aromatic nitrogens is 2. The fourth-order valence-electron chi connectivity index (χ4n) is 6.75. The van der Waals surface area contributed by atoms with Gasteiger partial charge in [-0.25, -0.2) is 9.97 Å². The third-order valence-corrected chi connectivity index (χ3v) is 9.12. The topological polar surface area (TPSA) is 49.6 Å². The van der Waals surface area contributed by atoms with Crippen LogP contribution in [0, 0.1) is 11.3 Å². The third kappa shape index (κ3) is 4.51. The molecule has 0 unspecified atom stereocenters. The second-order valence-electron chi connectivity index (χ2n) is 12.2. The summed E-state index contributed by atoms with van der Waals surface area (Å²) < 4.78 is 0. The van der Waals surface area contributed by atoms with E-state index in [0.29, 0.717) is 11.4 Å². The first-order valence-corrected chi connectivity index (χ1v) is 15.2. The van der Waals surface area contributed by atoms with Crippen LogP contribution in [-0.2, 0) is 5.41 Å². The van der Waals surface area contributed by atoms with Crippen molar-refractivity contribution in [2.24, 2.45) is 0 Å².